The van der Waals surface area contributed by atoms with Gasteiger partial charge in [-0.05, 0) is 57.8 Å². The van der Waals surface area contributed by atoms with Gasteiger partial charge in [0, 0.05) is 19.4 Å². The van der Waals surface area contributed by atoms with E-state index >= 15 is 0 Å². The van der Waals surface area contributed by atoms with Gasteiger partial charge in [0.15, 0.2) is 0 Å². The summed E-state index contributed by atoms with van der Waals surface area (Å²) < 4.78 is 26.8. The van der Waals surface area contributed by atoms with E-state index in [0.717, 1.165) is 51.4 Å². The summed E-state index contributed by atoms with van der Waals surface area (Å²) in [5.74, 6) is -0.530. The molecule has 1 amide bonds. The summed E-state index contributed by atoms with van der Waals surface area (Å²) in [6.45, 7) is 3.49. The third-order valence-corrected chi connectivity index (χ3v) is 9.34. The molecule has 0 heterocycles. The molecule has 0 aromatic heterocycles. The lowest BCUT2D eigenvalue weighted by Crippen LogP contribution is -2.27. The summed E-state index contributed by atoms with van der Waals surface area (Å²) in [7, 11) is -4.41. The predicted octanol–water partition coefficient (Wildman–Crippen LogP) is 10.4. The van der Waals surface area contributed by atoms with Crippen LogP contribution in [0.1, 0.15) is 181 Å². The summed E-state index contributed by atoms with van der Waals surface area (Å²) in [5.41, 5.74) is 0. The molecule has 0 rings (SSSR count). The number of ether oxygens (including phenoxy) is 1. The van der Waals surface area contributed by atoms with Gasteiger partial charge in [0.2, 0.25) is 5.91 Å². The molecule has 0 spiro atoms. The second-order valence-corrected chi connectivity index (χ2v) is 14.7. The minimum Gasteiger partial charge on any atom is -0.463 e. The van der Waals surface area contributed by atoms with Crippen LogP contribution in [0.2, 0.25) is 0 Å². The minimum atomic E-state index is -4.41. The zero-order valence-electron chi connectivity index (χ0n) is 31.4. The third kappa shape index (κ3) is 37.6. The first-order valence-corrected chi connectivity index (χ1v) is 21.3. The monoisotopic (exact) mass is 716 g/mol. The van der Waals surface area contributed by atoms with Crippen LogP contribution in [0.4, 0.5) is 0 Å². The number of rotatable bonds is 37. The van der Waals surface area contributed by atoms with Crippen LogP contribution in [-0.2, 0) is 27.9 Å². The smallest absolute Gasteiger partial charge is 0.463 e. The van der Waals surface area contributed by atoms with Crippen LogP contribution in [0.25, 0.3) is 0 Å². The number of hydrogen-bond donors (Lipinski definition) is 3. The van der Waals surface area contributed by atoms with Crippen molar-refractivity contribution in [2.45, 2.75) is 187 Å². The van der Waals surface area contributed by atoms with Crippen molar-refractivity contribution in [3.63, 3.8) is 0 Å². The lowest BCUT2D eigenvalue weighted by molar-refractivity contribution is -0.147. The van der Waals surface area contributed by atoms with E-state index in [4.69, 9.17) is 13.8 Å². The number of hydrogen-bond acceptors (Lipinski definition) is 7. The molecule has 49 heavy (non-hydrogen) atoms. The second-order valence-electron chi connectivity index (χ2n) is 13.2. The van der Waals surface area contributed by atoms with Crippen LogP contribution in [0.15, 0.2) is 24.3 Å². The number of phosphoric acid groups is 1. The highest BCUT2D eigenvalue weighted by Crippen LogP contribution is 2.42. The lowest BCUT2D eigenvalue weighted by Gasteiger charge is -2.15. The minimum absolute atomic E-state index is 0.0777. The van der Waals surface area contributed by atoms with Gasteiger partial charge in [-0.15, -0.1) is 0 Å². The maximum absolute atomic E-state index is 12.0. The van der Waals surface area contributed by atoms with Crippen LogP contribution in [-0.4, -0.2) is 54.3 Å². The van der Waals surface area contributed by atoms with E-state index in [0.29, 0.717) is 6.42 Å². The number of nitrogens with one attached hydrogen (secondary N) is 1. The maximum atomic E-state index is 12.0. The van der Waals surface area contributed by atoms with Crippen molar-refractivity contribution in [1.82, 2.24) is 5.32 Å². The lowest BCUT2D eigenvalue weighted by atomic mass is 10.1. The van der Waals surface area contributed by atoms with Gasteiger partial charge in [0.25, 0.3) is 0 Å². The average Bonchev–Trinajstić information content (AvgIpc) is 3.08. The van der Waals surface area contributed by atoms with Crippen molar-refractivity contribution >= 4 is 19.7 Å². The van der Waals surface area contributed by atoms with Crippen molar-refractivity contribution in [3.05, 3.63) is 24.3 Å². The van der Waals surface area contributed by atoms with Crippen LogP contribution >= 0.6 is 7.82 Å². The fourth-order valence-corrected chi connectivity index (χ4v) is 6.05. The molecule has 0 saturated heterocycles. The summed E-state index contributed by atoms with van der Waals surface area (Å²) in [6, 6.07) is 0. The summed E-state index contributed by atoms with van der Waals surface area (Å²) >= 11 is 0. The van der Waals surface area contributed by atoms with Crippen molar-refractivity contribution < 1.29 is 37.9 Å². The number of aliphatic hydroxyl groups excluding tert-OH is 1. The molecule has 2 unspecified atom stereocenters. The molecule has 0 aliphatic rings. The zero-order valence-corrected chi connectivity index (χ0v) is 32.3. The van der Waals surface area contributed by atoms with Crippen LogP contribution in [0.5, 0.6) is 0 Å². The predicted molar refractivity (Wildman–Crippen MR) is 201 cm³/mol. The van der Waals surface area contributed by atoms with Gasteiger partial charge < -0.3 is 20.1 Å². The van der Waals surface area contributed by atoms with E-state index in [1.54, 1.807) is 0 Å². The fourth-order valence-electron chi connectivity index (χ4n) is 5.30. The highest BCUT2D eigenvalue weighted by Gasteiger charge is 2.23. The highest BCUT2D eigenvalue weighted by atomic mass is 31.2. The molecule has 0 aliphatic carbocycles. The number of unbranched alkanes of at least 4 members (excludes halogenated alkanes) is 20. The molecule has 2 atom stereocenters. The van der Waals surface area contributed by atoms with E-state index in [2.05, 4.69) is 43.5 Å². The van der Waals surface area contributed by atoms with Crippen LogP contribution in [0.3, 0.4) is 0 Å². The van der Waals surface area contributed by atoms with E-state index in [9.17, 15) is 24.2 Å². The van der Waals surface area contributed by atoms with Gasteiger partial charge in [0.05, 0.1) is 13.2 Å². The Bertz CT molecular complexity index is 866. The van der Waals surface area contributed by atoms with Crippen molar-refractivity contribution in [1.29, 1.82) is 0 Å². The quantitative estimate of drug-likeness (QED) is 0.0251. The largest absolute Gasteiger partial charge is 0.472 e. The second kappa shape index (κ2) is 36.3. The Balaban J connectivity index is 3.62. The number of aliphatic hydroxyl groups is 1. The Labute approximate surface area is 300 Å². The molecule has 0 aliphatic heterocycles. The Morgan fingerprint density at radius 1 is 0.612 bits per heavy atom. The number of carbonyl (C=O) groups is 2. The molecular formula is C39H74NO8P. The molecule has 0 aromatic rings. The first-order valence-electron chi connectivity index (χ1n) is 19.8. The molecule has 0 saturated carbocycles. The van der Waals surface area contributed by atoms with Crippen molar-refractivity contribution in [3.8, 4) is 0 Å². The summed E-state index contributed by atoms with van der Waals surface area (Å²) in [6.07, 6.45) is 36.8. The summed E-state index contributed by atoms with van der Waals surface area (Å²) in [4.78, 5) is 33.7. The maximum Gasteiger partial charge on any atom is 0.472 e. The Hall–Kier alpha value is -1.51. The first kappa shape index (κ1) is 47.5. The molecule has 0 radical (unpaired) electrons. The third-order valence-electron chi connectivity index (χ3n) is 8.35. The molecule has 9 nitrogen and oxygen atoms in total. The Kier molecular flexibility index (Phi) is 35.2. The number of amides is 1. The first-order chi connectivity index (χ1) is 23.8. The number of esters is 1. The van der Waals surface area contributed by atoms with E-state index in [-0.39, 0.29) is 32.1 Å². The number of phosphoric ester groups is 1. The SMILES string of the molecule is CCCC/C=C\CCCCCCCC(=O)NCCOP(=O)(O)OCC(O)COC(=O)CCCCCCCCC/C=C\CCCCCCCC. The topological polar surface area (TPSA) is 131 Å². The zero-order chi connectivity index (χ0) is 36.1. The van der Waals surface area contributed by atoms with Crippen LogP contribution < -0.4 is 5.32 Å². The van der Waals surface area contributed by atoms with Gasteiger partial charge in [-0.3, -0.25) is 18.6 Å². The standard InChI is InChI=1S/C39H74NO8P/c1-3-5-7-9-11-13-15-16-17-18-19-20-22-24-26-28-30-32-39(43)46-35-37(41)36-48-49(44,45)47-34-33-40-38(42)31-29-27-25-23-21-14-12-10-8-6-4-2/h10,12,16-17,37,41H,3-9,11,13-15,18-36H2,1-2H3,(H,40,42)(H,44,45)/b12-10-,17-16-. The Morgan fingerprint density at radius 3 is 1.59 bits per heavy atom. The van der Waals surface area contributed by atoms with Gasteiger partial charge in [-0.25, -0.2) is 4.57 Å². The van der Waals surface area contributed by atoms with Crippen molar-refractivity contribution in [2.24, 2.45) is 0 Å². The normalized spacial score (nSPS) is 13.6. The van der Waals surface area contributed by atoms with E-state index < -0.39 is 26.5 Å². The molecule has 0 aromatic carbocycles. The van der Waals surface area contributed by atoms with Gasteiger partial charge in [-0.2, -0.15) is 0 Å². The number of allylic oxidation sites excluding steroid dienone is 4. The molecule has 0 bridgehead atoms. The fraction of sp³-hybridized carbons (Fsp3) is 0.846. The molecule has 288 valence electrons. The Morgan fingerprint density at radius 2 is 1.06 bits per heavy atom. The van der Waals surface area contributed by atoms with Crippen molar-refractivity contribution in [2.75, 3.05) is 26.4 Å². The van der Waals surface area contributed by atoms with Gasteiger partial charge in [-0.1, -0.05) is 134 Å². The molecule has 3 N–H and O–H groups in total. The van der Waals surface area contributed by atoms with Gasteiger partial charge in [0.1, 0.15) is 12.7 Å². The van der Waals surface area contributed by atoms with Gasteiger partial charge >= 0.3 is 13.8 Å². The average molecular weight is 716 g/mol. The highest BCUT2D eigenvalue weighted by molar-refractivity contribution is 7.47. The summed E-state index contributed by atoms with van der Waals surface area (Å²) in [5, 5.41) is 12.6. The molecule has 10 heteroatoms. The van der Waals surface area contributed by atoms with E-state index in [1.807, 2.05) is 0 Å². The molecule has 0 fully saturated rings. The number of carbonyl (C=O) groups excluding carboxylic acids is 2. The van der Waals surface area contributed by atoms with Crippen LogP contribution in [0, 0.1) is 0 Å². The van der Waals surface area contributed by atoms with E-state index in [1.165, 1.54) is 103 Å². The molecular weight excluding hydrogens is 641 g/mol.